The summed E-state index contributed by atoms with van der Waals surface area (Å²) < 4.78 is 0. The maximum Gasteiger partial charge on any atom is 0.230 e. The summed E-state index contributed by atoms with van der Waals surface area (Å²) in [5.74, 6) is 0. The summed E-state index contributed by atoms with van der Waals surface area (Å²) in [5.41, 5.74) is 2.15. The van der Waals surface area contributed by atoms with Crippen LogP contribution in [-0.4, -0.2) is 25.6 Å². The molecule has 1 heterocycles. The fraction of sp³-hybridized carbons (Fsp3) is 0.833. The molecule has 0 aliphatic carbocycles. The normalized spacial score (nSPS) is 24.6. The van der Waals surface area contributed by atoms with E-state index >= 15 is 0 Å². The molecule has 1 aliphatic heterocycles. The monoisotopic (exact) mass is 144 g/mol. The maximum atomic E-state index is 9.72. The summed E-state index contributed by atoms with van der Waals surface area (Å²) >= 11 is 0. The van der Waals surface area contributed by atoms with Gasteiger partial charge in [0.1, 0.15) is 0 Å². The van der Waals surface area contributed by atoms with Crippen LogP contribution in [0.3, 0.4) is 0 Å². The Kier molecular flexibility index (Phi) is 3.18. The Labute approximate surface area is 59.9 Å². The number of carbonyl (C=O) groups excluding carboxylic acids is 1. The lowest BCUT2D eigenvalue weighted by Crippen LogP contribution is -2.29. The molecular formula is C6H12N2O2. The van der Waals surface area contributed by atoms with Crippen LogP contribution in [0, 0.1) is 0 Å². The van der Waals surface area contributed by atoms with Gasteiger partial charge in [0.25, 0.3) is 0 Å². The standard InChI is InChI=1S/C6H12N2O2/c9-5-8-10-4-6-2-1-3-7-6/h5-7H,1-4H2,(H,8,9). The van der Waals surface area contributed by atoms with Gasteiger partial charge in [-0.15, -0.1) is 0 Å². The molecule has 10 heavy (non-hydrogen) atoms. The van der Waals surface area contributed by atoms with Gasteiger partial charge in [-0.25, -0.2) is 5.48 Å². The summed E-state index contributed by atoms with van der Waals surface area (Å²) in [6.45, 7) is 1.63. The van der Waals surface area contributed by atoms with Crippen molar-refractivity contribution in [1.82, 2.24) is 10.8 Å². The van der Waals surface area contributed by atoms with E-state index < -0.39 is 0 Å². The number of hydroxylamine groups is 1. The van der Waals surface area contributed by atoms with Crippen LogP contribution in [0.2, 0.25) is 0 Å². The lowest BCUT2D eigenvalue weighted by atomic mass is 10.2. The van der Waals surface area contributed by atoms with Gasteiger partial charge in [0.2, 0.25) is 6.41 Å². The molecule has 1 rings (SSSR count). The Bertz CT molecular complexity index is 102. The Morgan fingerprint density at radius 1 is 1.80 bits per heavy atom. The van der Waals surface area contributed by atoms with Gasteiger partial charge in [0, 0.05) is 6.04 Å². The van der Waals surface area contributed by atoms with E-state index in [-0.39, 0.29) is 0 Å². The number of carbonyl (C=O) groups is 1. The average Bonchev–Trinajstić information content (AvgIpc) is 2.41. The van der Waals surface area contributed by atoms with Crippen LogP contribution in [0.25, 0.3) is 0 Å². The first-order chi connectivity index (χ1) is 4.93. The van der Waals surface area contributed by atoms with E-state index in [1.807, 2.05) is 0 Å². The second-order valence-electron chi connectivity index (χ2n) is 2.34. The van der Waals surface area contributed by atoms with Gasteiger partial charge in [-0.2, -0.15) is 0 Å². The van der Waals surface area contributed by atoms with Crippen molar-refractivity contribution in [2.75, 3.05) is 13.2 Å². The predicted octanol–water partition coefficient (Wildman–Crippen LogP) is -0.584. The lowest BCUT2D eigenvalue weighted by Gasteiger charge is -2.07. The van der Waals surface area contributed by atoms with E-state index in [4.69, 9.17) is 4.84 Å². The van der Waals surface area contributed by atoms with Gasteiger partial charge in [0.15, 0.2) is 0 Å². The average molecular weight is 144 g/mol. The quantitative estimate of drug-likeness (QED) is 0.315. The second kappa shape index (κ2) is 4.24. The molecule has 0 aromatic rings. The van der Waals surface area contributed by atoms with E-state index in [9.17, 15) is 4.79 Å². The van der Waals surface area contributed by atoms with Crippen LogP contribution in [0.5, 0.6) is 0 Å². The maximum absolute atomic E-state index is 9.72. The summed E-state index contributed by atoms with van der Waals surface area (Å²) in [4.78, 5) is 14.5. The lowest BCUT2D eigenvalue weighted by molar-refractivity contribution is -0.121. The molecule has 0 bridgehead atoms. The van der Waals surface area contributed by atoms with Crippen LogP contribution < -0.4 is 10.8 Å². The minimum Gasteiger partial charge on any atom is -0.312 e. The third kappa shape index (κ3) is 2.33. The molecule has 1 unspecified atom stereocenters. The highest BCUT2D eigenvalue weighted by Crippen LogP contribution is 2.03. The molecule has 4 heteroatoms. The minimum atomic E-state index is 0.424. The summed E-state index contributed by atoms with van der Waals surface area (Å²) in [5, 5.41) is 3.23. The van der Waals surface area contributed by atoms with Crippen LogP contribution in [0.4, 0.5) is 0 Å². The van der Waals surface area contributed by atoms with E-state index in [1.54, 1.807) is 0 Å². The van der Waals surface area contributed by atoms with Crippen LogP contribution >= 0.6 is 0 Å². The SMILES string of the molecule is O=CNOCC1CCCN1. The van der Waals surface area contributed by atoms with Crippen LogP contribution in [0.1, 0.15) is 12.8 Å². The highest BCUT2D eigenvalue weighted by Gasteiger charge is 2.13. The Hall–Kier alpha value is -0.610. The number of hydrogen-bond donors (Lipinski definition) is 2. The molecule has 0 saturated carbocycles. The molecule has 1 fully saturated rings. The molecule has 0 radical (unpaired) electrons. The summed E-state index contributed by atoms with van der Waals surface area (Å²) in [6, 6.07) is 0.424. The van der Waals surface area contributed by atoms with Gasteiger partial charge >= 0.3 is 0 Å². The van der Waals surface area contributed by atoms with Crippen molar-refractivity contribution in [3.8, 4) is 0 Å². The van der Waals surface area contributed by atoms with Gasteiger partial charge in [-0.05, 0) is 19.4 Å². The first kappa shape index (κ1) is 7.50. The van der Waals surface area contributed by atoms with Gasteiger partial charge in [-0.1, -0.05) is 0 Å². The molecule has 0 aromatic heterocycles. The molecule has 0 aromatic carbocycles. The van der Waals surface area contributed by atoms with Crippen LogP contribution in [0.15, 0.2) is 0 Å². The Morgan fingerprint density at radius 3 is 3.30 bits per heavy atom. The second-order valence-corrected chi connectivity index (χ2v) is 2.34. The number of nitrogens with one attached hydrogen (secondary N) is 2. The fourth-order valence-electron chi connectivity index (χ4n) is 1.08. The summed E-state index contributed by atoms with van der Waals surface area (Å²) in [7, 11) is 0. The zero-order valence-corrected chi connectivity index (χ0v) is 5.80. The van der Waals surface area contributed by atoms with Crippen molar-refractivity contribution < 1.29 is 9.63 Å². The highest BCUT2D eigenvalue weighted by atomic mass is 16.6. The van der Waals surface area contributed by atoms with E-state index in [2.05, 4.69) is 10.8 Å². The summed E-state index contributed by atoms with van der Waals surface area (Å²) in [6.07, 6.45) is 2.88. The first-order valence-corrected chi connectivity index (χ1v) is 3.48. The third-order valence-electron chi connectivity index (χ3n) is 1.58. The smallest absolute Gasteiger partial charge is 0.230 e. The van der Waals surface area contributed by atoms with Crippen molar-refractivity contribution in [1.29, 1.82) is 0 Å². The number of amides is 1. The van der Waals surface area contributed by atoms with E-state index in [1.165, 1.54) is 6.42 Å². The van der Waals surface area contributed by atoms with Crippen molar-refractivity contribution >= 4 is 6.41 Å². The largest absolute Gasteiger partial charge is 0.312 e. The van der Waals surface area contributed by atoms with Crippen molar-refractivity contribution in [2.45, 2.75) is 18.9 Å². The molecule has 0 spiro atoms. The topological polar surface area (TPSA) is 50.4 Å². The van der Waals surface area contributed by atoms with Crippen LogP contribution in [-0.2, 0) is 9.63 Å². The van der Waals surface area contributed by atoms with E-state index in [0.29, 0.717) is 19.1 Å². The minimum absolute atomic E-state index is 0.424. The third-order valence-corrected chi connectivity index (χ3v) is 1.58. The predicted molar refractivity (Wildman–Crippen MR) is 36.2 cm³/mol. The van der Waals surface area contributed by atoms with Crippen molar-refractivity contribution in [3.05, 3.63) is 0 Å². The molecule has 1 atom stereocenters. The van der Waals surface area contributed by atoms with E-state index in [0.717, 1.165) is 13.0 Å². The zero-order chi connectivity index (χ0) is 7.23. The van der Waals surface area contributed by atoms with Crippen molar-refractivity contribution in [2.24, 2.45) is 0 Å². The molecule has 1 saturated heterocycles. The van der Waals surface area contributed by atoms with Crippen molar-refractivity contribution in [3.63, 3.8) is 0 Å². The van der Waals surface area contributed by atoms with Gasteiger partial charge < -0.3 is 5.32 Å². The number of rotatable bonds is 4. The highest BCUT2D eigenvalue weighted by molar-refractivity contribution is 5.43. The molecule has 58 valence electrons. The Morgan fingerprint density at radius 2 is 2.70 bits per heavy atom. The molecule has 1 aliphatic rings. The van der Waals surface area contributed by atoms with Gasteiger partial charge in [0.05, 0.1) is 6.61 Å². The fourth-order valence-corrected chi connectivity index (χ4v) is 1.08. The number of hydrogen-bond acceptors (Lipinski definition) is 3. The zero-order valence-electron chi connectivity index (χ0n) is 5.80. The van der Waals surface area contributed by atoms with Gasteiger partial charge in [-0.3, -0.25) is 9.63 Å². The molecular weight excluding hydrogens is 132 g/mol. The first-order valence-electron chi connectivity index (χ1n) is 3.48. The molecule has 2 N–H and O–H groups in total. The molecule has 4 nitrogen and oxygen atoms in total. The molecule has 1 amide bonds. The Balaban J connectivity index is 1.96.